The van der Waals surface area contributed by atoms with Gasteiger partial charge in [-0.2, -0.15) is 5.10 Å². The van der Waals surface area contributed by atoms with Crippen molar-refractivity contribution >= 4 is 0 Å². The Morgan fingerprint density at radius 1 is 1.15 bits per heavy atom. The van der Waals surface area contributed by atoms with E-state index in [0.29, 0.717) is 0 Å². The highest BCUT2D eigenvalue weighted by atomic mass is 15.3. The Balaban J connectivity index is 1.40. The van der Waals surface area contributed by atoms with Crippen LogP contribution in [0.15, 0.2) is 12.4 Å². The van der Waals surface area contributed by atoms with Gasteiger partial charge in [-0.1, -0.05) is 0 Å². The third-order valence-electron chi connectivity index (χ3n) is 4.60. The van der Waals surface area contributed by atoms with Gasteiger partial charge >= 0.3 is 0 Å². The normalized spacial score (nSPS) is 23.2. The van der Waals surface area contributed by atoms with Gasteiger partial charge in [0.15, 0.2) is 0 Å². The van der Waals surface area contributed by atoms with Crippen molar-refractivity contribution in [1.82, 2.24) is 24.9 Å². The number of rotatable bonds is 4. The summed E-state index contributed by atoms with van der Waals surface area (Å²) in [6.45, 7) is 9.63. The van der Waals surface area contributed by atoms with Crippen LogP contribution in [0.5, 0.6) is 0 Å². The number of aromatic nitrogens is 2. The van der Waals surface area contributed by atoms with Gasteiger partial charge in [-0.3, -0.25) is 9.58 Å². The van der Waals surface area contributed by atoms with E-state index in [1.54, 1.807) is 0 Å². The van der Waals surface area contributed by atoms with Gasteiger partial charge in [-0.25, -0.2) is 0 Å². The second kappa shape index (κ2) is 6.70. The van der Waals surface area contributed by atoms with Crippen LogP contribution in [0, 0.1) is 5.92 Å². The molecule has 0 saturated carbocycles. The maximum atomic E-state index is 4.25. The van der Waals surface area contributed by atoms with Gasteiger partial charge in [0.05, 0.1) is 6.20 Å². The summed E-state index contributed by atoms with van der Waals surface area (Å²) in [6.07, 6.45) is 6.83. The van der Waals surface area contributed by atoms with Crippen molar-refractivity contribution < 1.29 is 0 Å². The van der Waals surface area contributed by atoms with Crippen LogP contribution in [0.3, 0.4) is 0 Å². The number of hydrogen-bond donors (Lipinski definition) is 1. The average molecular weight is 277 g/mol. The summed E-state index contributed by atoms with van der Waals surface area (Å²) in [5, 5.41) is 7.70. The van der Waals surface area contributed by atoms with Gasteiger partial charge in [-0.05, 0) is 31.8 Å². The molecule has 0 aromatic carbocycles. The molecule has 2 aliphatic heterocycles. The van der Waals surface area contributed by atoms with Gasteiger partial charge in [-0.15, -0.1) is 0 Å². The largest absolute Gasteiger partial charge is 0.317 e. The minimum Gasteiger partial charge on any atom is -0.317 e. The first kappa shape index (κ1) is 14.0. The fourth-order valence-corrected chi connectivity index (χ4v) is 3.37. The minimum absolute atomic E-state index is 0.918. The van der Waals surface area contributed by atoms with E-state index in [4.69, 9.17) is 0 Å². The average Bonchev–Trinajstić information content (AvgIpc) is 2.88. The van der Waals surface area contributed by atoms with Crippen molar-refractivity contribution in [3.05, 3.63) is 18.0 Å². The molecular weight excluding hydrogens is 250 g/mol. The highest BCUT2D eigenvalue weighted by molar-refractivity contribution is 5.03. The van der Waals surface area contributed by atoms with Crippen LogP contribution in [0.4, 0.5) is 0 Å². The second-order valence-electron chi connectivity index (χ2n) is 6.29. The van der Waals surface area contributed by atoms with Crippen LogP contribution in [0.2, 0.25) is 0 Å². The molecule has 20 heavy (non-hydrogen) atoms. The maximum Gasteiger partial charge on any atom is 0.0534 e. The number of hydrogen-bond acceptors (Lipinski definition) is 4. The lowest BCUT2D eigenvalue weighted by molar-refractivity contribution is 0.107. The lowest BCUT2D eigenvalue weighted by Gasteiger charge is -2.37. The number of nitrogens with one attached hydrogen (secondary N) is 1. The van der Waals surface area contributed by atoms with Gasteiger partial charge in [0.1, 0.15) is 0 Å². The Labute approximate surface area is 121 Å². The Morgan fingerprint density at radius 2 is 1.85 bits per heavy atom. The Bertz CT molecular complexity index is 402. The van der Waals surface area contributed by atoms with Crippen molar-refractivity contribution in [3.8, 4) is 0 Å². The highest BCUT2D eigenvalue weighted by Gasteiger charge is 2.21. The molecular formula is C15H27N5. The van der Waals surface area contributed by atoms with Gasteiger partial charge in [0, 0.05) is 58.1 Å². The van der Waals surface area contributed by atoms with Crippen LogP contribution in [-0.2, 0) is 13.6 Å². The molecule has 0 aliphatic carbocycles. The van der Waals surface area contributed by atoms with Gasteiger partial charge < -0.3 is 10.2 Å². The van der Waals surface area contributed by atoms with E-state index in [2.05, 4.69) is 26.4 Å². The SMILES string of the molecule is Cn1cc(CN2CCN(CC3CCNCC3)CC2)cn1. The van der Waals surface area contributed by atoms with E-state index >= 15 is 0 Å². The predicted octanol–water partition coefficient (Wildman–Crippen LogP) is 0.537. The Hall–Kier alpha value is -0.910. The van der Waals surface area contributed by atoms with E-state index in [-0.39, 0.29) is 0 Å². The molecule has 1 N–H and O–H groups in total. The smallest absolute Gasteiger partial charge is 0.0534 e. The predicted molar refractivity (Wildman–Crippen MR) is 80.5 cm³/mol. The van der Waals surface area contributed by atoms with E-state index in [1.165, 1.54) is 64.2 Å². The molecule has 0 unspecified atom stereocenters. The lowest BCUT2D eigenvalue weighted by Crippen LogP contribution is -2.48. The molecule has 3 heterocycles. The topological polar surface area (TPSA) is 36.3 Å². The van der Waals surface area contributed by atoms with Crippen LogP contribution < -0.4 is 5.32 Å². The molecule has 0 spiro atoms. The molecule has 0 amide bonds. The van der Waals surface area contributed by atoms with Gasteiger partial charge in [0.25, 0.3) is 0 Å². The van der Waals surface area contributed by atoms with Crippen molar-refractivity contribution in [2.45, 2.75) is 19.4 Å². The molecule has 5 heteroatoms. The first-order chi connectivity index (χ1) is 9.79. The number of aryl methyl sites for hydroxylation is 1. The maximum absolute atomic E-state index is 4.25. The third-order valence-corrected chi connectivity index (χ3v) is 4.60. The molecule has 0 atom stereocenters. The molecule has 112 valence electrons. The molecule has 2 aliphatic rings. The summed E-state index contributed by atoms with van der Waals surface area (Å²) < 4.78 is 1.89. The van der Waals surface area contributed by atoms with E-state index in [0.717, 1.165) is 12.5 Å². The Morgan fingerprint density at radius 3 is 2.50 bits per heavy atom. The lowest BCUT2D eigenvalue weighted by atomic mass is 9.97. The van der Waals surface area contributed by atoms with Crippen LogP contribution in [0.1, 0.15) is 18.4 Å². The molecule has 2 fully saturated rings. The zero-order valence-electron chi connectivity index (χ0n) is 12.6. The number of piperazine rings is 1. The first-order valence-electron chi connectivity index (χ1n) is 7.92. The highest BCUT2D eigenvalue weighted by Crippen LogP contribution is 2.15. The molecule has 0 radical (unpaired) electrons. The van der Waals surface area contributed by atoms with Crippen LogP contribution in [0.25, 0.3) is 0 Å². The first-order valence-corrected chi connectivity index (χ1v) is 7.92. The van der Waals surface area contributed by atoms with Crippen molar-refractivity contribution in [3.63, 3.8) is 0 Å². The third kappa shape index (κ3) is 3.81. The molecule has 1 aromatic heterocycles. The van der Waals surface area contributed by atoms with E-state index < -0.39 is 0 Å². The molecule has 5 nitrogen and oxygen atoms in total. The zero-order valence-corrected chi connectivity index (χ0v) is 12.6. The molecule has 3 rings (SSSR count). The number of piperidine rings is 1. The van der Waals surface area contributed by atoms with Crippen LogP contribution in [-0.4, -0.2) is 65.4 Å². The van der Waals surface area contributed by atoms with E-state index in [1.807, 2.05) is 17.9 Å². The molecule has 0 bridgehead atoms. The summed E-state index contributed by atoms with van der Waals surface area (Å²) in [4.78, 5) is 5.21. The number of nitrogens with zero attached hydrogens (tertiary/aromatic N) is 4. The second-order valence-corrected chi connectivity index (χ2v) is 6.29. The summed E-state index contributed by atoms with van der Waals surface area (Å²) >= 11 is 0. The fourth-order valence-electron chi connectivity index (χ4n) is 3.37. The quantitative estimate of drug-likeness (QED) is 0.871. The summed E-state index contributed by atoms with van der Waals surface area (Å²) in [6, 6.07) is 0. The van der Waals surface area contributed by atoms with Crippen LogP contribution >= 0.6 is 0 Å². The van der Waals surface area contributed by atoms with Crippen molar-refractivity contribution in [2.24, 2.45) is 13.0 Å². The fraction of sp³-hybridized carbons (Fsp3) is 0.800. The minimum atomic E-state index is 0.918. The monoisotopic (exact) mass is 277 g/mol. The molecule has 1 aromatic rings. The summed E-state index contributed by atoms with van der Waals surface area (Å²) in [5.74, 6) is 0.918. The van der Waals surface area contributed by atoms with Crippen molar-refractivity contribution in [2.75, 3.05) is 45.8 Å². The standard InChI is InChI=1S/C15H27N5/c1-18-11-15(10-17-18)13-20-8-6-19(7-9-20)12-14-2-4-16-5-3-14/h10-11,14,16H,2-9,12-13H2,1H3. The van der Waals surface area contributed by atoms with E-state index in [9.17, 15) is 0 Å². The molecule has 2 saturated heterocycles. The zero-order chi connectivity index (χ0) is 13.8. The van der Waals surface area contributed by atoms with Gasteiger partial charge in [0.2, 0.25) is 0 Å². The summed E-state index contributed by atoms with van der Waals surface area (Å²) in [7, 11) is 1.99. The van der Waals surface area contributed by atoms with Crippen molar-refractivity contribution in [1.29, 1.82) is 0 Å². The Kier molecular flexibility index (Phi) is 4.70. The summed E-state index contributed by atoms with van der Waals surface area (Å²) in [5.41, 5.74) is 1.33.